The molecule has 5 heteroatoms. The summed E-state index contributed by atoms with van der Waals surface area (Å²) >= 11 is 1.54. The average Bonchev–Trinajstić information content (AvgIpc) is 2.83. The summed E-state index contributed by atoms with van der Waals surface area (Å²) in [6.07, 6.45) is 1.79. The third-order valence-electron chi connectivity index (χ3n) is 2.69. The van der Waals surface area contributed by atoms with Crippen LogP contribution < -0.4 is 5.32 Å². The number of nitriles is 1. The Morgan fingerprint density at radius 2 is 2.16 bits per heavy atom. The maximum atomic E-state index is 9.21. The van der Waals surface area contributed by atoms with E-state index in [1.54, 1.807) is 6.20 Å². The lowest BCUT2D eigenvalue weighted by atomic mass is 10.1. The van der Waals surface area contributed by atoms with Crippen LogP contribution in [-0.4, -0.2) is 9.97 Å². The Kier molecular flexibility index (Phi) is 2.86. The van der Waals surface area contributed by atoms with Gasteiger partial charge in [0.25, 0.3) is 0 Å². The van der Waals surface area contributed by atoms with E-state index < -0.39 is 0 Å². The summed E-state index contributed by atoms with van der Waals surface area (Å²) in [6.45, 7) is 1.99. The van der Waals surface area contributed by atoms with Crippen molar-refractivity contribution in [2.45, 2.75) is 6.92 Å². The monoisotopic (exact) mass is 266 g/mol. The Bertz CT molecular complexity index is 785. The Hall–Kier alpha value is -2.45. The van der Waals surface area contributed by atoms with E-state index in [2.05, 4.69) is 21.4 Å². The largest absolute Gasteiger partial charge is 0.315 e. The molecule has 0 atom stereocenters. The van der Waals surface area contributed by atoms with Crippen LogP contribution >= 0.6 is 11.3 Å². The van der Waals surface area contributed by atoms with Crippen LogP contribution in [0.25, 0.3) is 10.9 Å². The molecule has 0 aliphatic carbocycles. The van der Waals surface area contributed by atoms with E-state index in [9.17, 15) is 5.26 Å². The molecule has 4 nitrogen and oxygen atoms in total. The predicted octanol–water partition coefficient (Wildman–Crippen LogP) is 3.62. The van der Waals surface area contributed by atoms with Crippen LogP contribution in [0, 0.1) is 18.3 Å². The molecular weight excluding hydrogens is 256 g/mol. The second-order valence-corrected chi connectivity index (χ2v) is 5.32. The summed E-state index contributed by atoms with van der Waals surface area (Å²) < 4.78 is 0. The first kappa shape index (κ1) is 11.6. The molecule has 0 bridgehead atoms. The number of hydrogen-bond acceptors (Lipinski definition) is 5. The highest BCUT2D eigenvalue weighted by Gasteiger charge is 2.08. The molecule has 2 aromatic heterocycles. The first-order chi connectivity index (χ1) is 9.26. The maximum absolute atomic E-state index is 9.21. The Balaban J connectivity index is 2.09. The third kappa shape index (κ3) is 2.26. The molecule has 0 saturated heterocycles. The molecule has 0 spiro atoms. The summed E-state index contributed by atoms with van der Waals surface area (Å²) in [5.74, 6) is 0.551. The van der Waals surface area contributed by atoms with Crippen LogP contribution in [-0.2, 0) is 0 Å². The van der Waals surface area contributed by atoms with Crippen LogP contribution in [0.5, 0.6) is 0 Å². The van der Waals surface area contributed by atoms with Crippen molar-refractivity contribution in [1.82, 2.24) is 9.97 Å². The van der Waals surface area contributed by atoms with E-state index in [0.29, 0.717) is 11.4 Å². The second kappa shape index (κ2) is 4.67. The van der Waals surface area contributed by atoms with Gasteiger partial charge in [0.1, 0.15) is 6.07 Å². The Morgan fingerprint density at radius 1 is 1.32 bits per heavy atom. The molecule has 92 valence electrons. The standard InChI is InChI=1S/C14H10N4S/c1-9-8-16-14(19-9)18-13-11(7-15)6-10-4-2-3-5-12(10)17-13/h2-6,8H,1H3,(H,16,17,18). The van der Waals surface area contributed by atoms with Crippen molar-refractivity contribution in [3.05, 3.63) is 47.0 Å². The average molecular weight is 266 g/mol. The fourth-order valence-corrected chi connectivity index (χ4v) is 2.47. The number of aryl methyl sites for hydroxylation is 1. The Morgan fingerprint density at radius 3 is 2.89 bits per heavy atom. The molecule has 19 heavy (non-hydrogen) atoms. The number of benzene rings is 1. The van der Waals surface area contributed by atoms with Crippen LogP contribution in [0.1, 0.15) is 10.4 Å². The van der Waals surface area contributed by atoms with Gasteiger partial charge in [-0.25, -0.2) is 9.97 Å². The van der Waals surface area contributed by atoms with Gasteiger partial charge in [0, 0.05) is 16.5 Å². The molecule has 0 unspecified atom stereocenters. The van der Waals surface area contributed by atoms with Gasteiger partial charge in [-0.15, -0.1) is 11.3 Å². The van der Waals surface area contributed by atoms with Crippen molar-refractivity contribution in [1.29, 1.82) is 5.26 Å². The number of fused-ring (bicyclic) bond motifs is 1. The van der Waals surface area contributed by atoms with Gasteiger partial charge in [-0.05, 0) is 19.1 Å². The summed E-state index contributed by atoms with van der Waals surface area (Å²) in [5, 5.41) is 14.0. The highest BCUT2D eigenvalue weighted by molar-refractivity contribution is 7.15. The zero-order chi connectivity index (χ0) is 13.2. The van der Waals surface area contributed by atoms with Crippen LogP contribution in [0.2, 0.25) is 0 Å². The van der Waals surface area contributed by atoms with Crippen LogP contribution in [0.3, 0.4) is 0 Å². The Labute approximate surface area is 114 Å². The zero-order valence-electron chi connectivity index (χ0n) is 10.2. The van der Waals surface area contributed by atoms with E-state index in [-0.39, 0.29) is 0 Å². The van der Waals surface area contributed by atoms with Crippen molar-refractivity contribution in [2.75, 3.05) is 5.32 Å². The first-order valence-electron chi connectivity index (χ1n) is 5.75. The first-order valence-corrected chi connectivity index (χ1v) is 6.57. The number of para-hydroxylation sites is 1. The van der Waals surface area contributed by atoms with Crippen LogP contribution in [0.4, 0.5) is 10.9 Å². The van der Waals surface area contributed by atoms with Gasteiger partial charge in [0.15, 0.2) is 10.9 Å². The number of anilines is 2. The van der Waals surface area contributed by atoms with Gasteiger partial charge < -0.3 is 5.32 Å². The van der Waals surface area contributed by atoms with Gasteiger partial charge in [-0.2, -0.15) is 5.26 Å². The lowest BCUT2D eigenvalue weighted by Gasteiger charge is -2.06. The number of rotatable bonds is 2. The van der Waals surface area contributed by atoms with Gasteiger partial charge >= 0.3 is 0 Å². The van der Waals surface area contributed by atoms with Gasteiger partial charge in [0.05, 0.1) is 11.1 Å². The topological polar surface area (TPSA) is 61.6 Å². The number of hydrogen-bond donors (Lipinski definition) is 1. The molecule has 3 aromatic rings. The molecule has 1 N–H and O–H groups in total. The molecule has 1 aromatic carbocycles. The van der Waals surface area contributed by atoms with E-state index in [1.807, 2.05) is 37.3 Å². The highest BCUT2D eigenvalue weighted by atomic mass is 32.1. The molecule has 0 aliphatic heterocycles. The predicted molar refractivity (Wildman–Crippen MR) is 76.6 cm³/mol. The SMILES string of the molecule is Cc1cnc(Nc2nc3ccccc3cc2C#N)s1. The summed E-state index contributed by atoms with van der Waals surface area (Å²) in [5.41, 5.74) is 1.38. The molecule has 0 saturated carbocycles. The molecule has 2 heterocycles. The van der Waals surface area contributed by atoms with Crippen molar-refractivity contribution in [2.24, 2.45) is 0 Å². The summed E-state index contributed by atoms with van der Waals surface area (Å²) in [4.78, 5) is 9.82. The molecule has 3 rings (SSSR count). The second-order valence-electron chi connectivity index (χ2n) is 4.09. The lowest BCUT2D eigenvalue weighted by Crippen LogP contribution is -1.97. The minimum Gasteiger partial charge on any atom is -0.315 e. The van der Waals surface area contributed by atoms with Gasteiger partial charge in [0.2, 0.25) is 0 Å². The minimum absolute atomic E-state index is 0.520. The van der Waals surface area contributed by atoms with E-state index >= 15 is 0 Å². The number of thiazole rings is 1. The van der Waals surface area contributed by atoms with Crippen molar-refractivity contribution in [3.8, 4) is 6.07 Å². The van der Waals surface area contributed by atoms with Crippen molar-refractivity contribution >= 4 is 33.2 Å². The lowest BCUT2D eigenvalue weighted by molar-refractivity contribution is 1.30. The fourth-order valence-electron chi connectivity index (χ4n) is 1.81. The maximum Gasteiger partial charge on any atom is 0.188 e. The quantitative estimate of drug-likeness (QED) is 0.769. The number of nitrogens with one attached hydrogen (secondary N) is 1. The number of nitrogens with zero attached hydrogens (tertiary/aromatic N) is 3. The van der Waals surface area contributed by atoms with Crippen molar-refractivity contribution in [3.63, 3.8) is 0 Å². The molecule has 0 aliphatic rings. The highest BCUT2D eigenvalue weighted by Crippen LogP contribution is 2.25. The summed E-state index contributed by atoms with van der Waals surface area (Å²) in [6, 6.07) is 11.7. The van der Waals surface area contributed by atoms with Gasteiger partial charge in [-0.3, -0.25) is 0 Å². The van der Waals surface area contributed by atoms with E-state index in [1.165, 1.54) is 11.3 Å². The normalized spacial score (nSPS) is 10.3. The molecule has 0 fully saturated rings. The van der Waals surface area contributed by atoms with E-state index in [4.69, 9.17) is 0 Å². The molecular formula is C14H10N4S. The number of pyridine rings is 1. The number of aromatic nitrogens is 2. The van der Waals surface area contributed by atoms with Gasteiger partial charge in [-0.1, -0.05) is 18.2 Å². The molecule has 0 radical (unpaired) electrons. The minimum atomic E-state index is 0.520. The fraction of sp³-hybridized carbons (Fsp3) is 0.0714. The smallest absolute Gasteiger partial charge is 0.188 e. The van der Waals surface area contributed by atoms with Crippen LogP contribution in [0.15, 0.2) is 36.5 Å². The third-order valence-corrected chi connectivity index (χ3v) is 3.52. The van der Waals surface area contributed by atoms with Crippen molar-refractivity contribution < 1.29 is 0 Å². The molecule has 0 amide bonds. The summed E-state index contributed by atoms with van der Waals surface area (Å²) in [7, 11) is 0. The van der Waals surface area contributed by atoms with E-state index in [0.717, 1.165) is 20.9 Å². The zero-order valence-corrected chi connectivity index (χ0v) is 11.0.